The number of primary amides is 1. The number of aryl methyl sites for hydroxylation is 2. The first-order valence-electron chi connectivity index (χ1n) is 7.90. The van der Waals surface area contributed by atoms with Crippen LogP contribution in [0.15, 0.2) is 47.4 Å². The van der Waals surface area contributed by atoms with Crippen LogP contribution in [-0.2, 0) is 14.8 Å². The summed E-state index contributed by atoms with van der Waals surface area (Å²) >= 11 is 0. The van der Waals surface area contributed by atoms with Gasteiger partial charge in [-0.25, -0.2) is 8.42 Å². The number of carbonyl (C=O) groups is 2. The van der Waals surface area contributed by atoms with Gasteiger partial charge in [-0.15, -0.1) is 0 Å². The Labute approximate surface area is 152 Å². The molecule has 0 aliphatic carbocycles. The van der Waals surface area contributed by atoms with E-state index in [1.807, 2.05) is 19.9 Å². The van der Waals surface area contributed by atoms with E-state index < -0.39 is 27.9 Å². The molecule has 138 valence electrons. The molecule has 2 rings (SSSR count). The number of rotatable bonds is 6. The SMILES string of the molecule is Cc1ccc(NS(=O)(=O)c2ccc(C(=O)NC(C)C(N)=O)cc2)cc1C. The molecule has 0 aromatic heterocycles. The molecule has 1 atom stereocenters. The molecule has 0 spiro atoms. The normalized spacial score (nSPS) is 12.3. The fourth-order valence-electron chi connectivity index (χ4n) is 2.16. The van der Waals surface area contributed by atoms with Gasteiger partial charge in [0, 0.05) is 11.3 Å². The van der Waals surface area contributed by atoms with Gasteiger partial charge in [0.1, 0.15) is 6.04 Å². The highest BCUT2D eigenvalue weighted by molar-refractivity contribution is 7.92. The number of carbonyl (C=O) groups excluding carboxylic acids is 2. The van der Waals surface area contributed by atoms with Crippen molar-refractivity contribution in [3.05, 3.63) is 59.2 Å². The molecule has 2 aromatic rings. The Morgan fingerprint density at radius 3 is 2.15 bits per heavy atom. The van der Waals surface area contributed by atoms with Crippen molar-refractivity contribution in [3.8, 4) is 0 Å². The Morgan fingerprint density at radius 2 is 1.62 bits per heavy atom. The number of nitrogens with two attached hydrogens (primary N) is 1. The van der Waals surface area contributed by atoms with Crippen LogP contribution in [0.2, 0.25) is 0 Å². The third-order valence-electron chi connectivity index (χ3n) is 3.96. The Hall–Kier alpha value is -2.87. The Morgan fingerprint density at radius 1 is 1.00 bits per heavy atom. The number of sulfonamides is 1. The molecule has 0 radical (unpaired) electrons. The number of benzene rings is 2. The summed E-state index contributed by atoms with van der Waals surface area (Å²) in [6.45, 7) is 5.30. The third kappa shape index (κ3) is 4.60. The van der Waals surface area contributed by atoms with Crippen LogP contribution >= 0.6 is 0 Å². The molecule has 0 aliphatic rings. The van der Waals surface area contributed by atoms with Crippen molar-refractivity contribution >= 4 is 27.5 Å². The summed E-state index contributed by atoms with van der Waals surface area (Å²) in [7, 11) is -3.78. The zero-order chi connectivity index (χ0) is 19.5. The van der Waals surface area contributed by atoms with Crippen molar-refractivity contribution in [2.75, 3.05) is 4.72 Å². The molecule has 0 saturated heterocycles. The van der Waals surface area contributed by atoms with Crippen LogP contribution < -0.4 is 15.8 Å². The largest absolute Gasteiger partial charge is 0.368 e. The monoisotopic (exact) mass is 375 g/mol. The van der Waals surface area contributed by atoms with Crippen molar-refractivity contribution in [2.24, 2.45) is 5.73 Å². The van der Waals surface area contributed by atoms with Crippen LogP contribution in [0.4, 0.5) is 5.69 Å². The summed E-state index contributed by atoms with van der Waals surface area (Å²) in [5.74, 6) is -1.17. The minimum atomic E-state index is -3.78. The predicted molar refractivity (Wildman–Crippen MR) is 99.3 cm³/mol. The van der Waals surface area contributed by atoms with Crippen molar-refractivity contribution in [2.45, 2.75) is 31.7 Å². The minimum Gasteiger partial charge on any atom is -0.368 e. The molecule has 2 aromatic carbocycles. The van der Waals surface area contributed by atoms with Gasteiger partial charge in [-0.2, -0.15) is 0 Å². The zero-order valence-electron chi connectivity index (χ0n) is 14.7. The highest BCUT2D eigenvalue weighted by Gasteiger charge is 2.17. The maximum atomic E-state index is 12.5. The highest BCUT2D eigenvalue weighted by atomic mass is 32.2. The number of hydrogen-bond donors (Lipinski definition) is 3. The smallest absolute Gasteiger partial charge is 0.261 e. The summed E-state index contributed by atoms with van der Waals surface area (Å²) in [5, 5.41) is 2.43. The van der Waals surface area contributed by atoms with Crippen LogP contribution in [0, 0.1) is 13.8 Å². The fourth-order valence-corrected chi connectivity index (χ4v) is 3.21. The van der Waals surface area contributed by atoms with E-state index in [0.29, 0.717) is 5.69 Å². The molecule has 1 unspecified atom stereocenters. The van der Waals surface area contributed by atoms with Gasteiger partial charge in [0.2, 0.25) is 5.91 Å². The van der Waals surface area contributed by atoms with Crippen LogP contribution in [0.3, 0.4) is 0 Å². The molecule has 2 amide bonds. The maximum absolute atomic E-state index is 12.5. The summed E-state index contributed by atoms with van der Waals surface area (Å²) in [6, 6.07) is 9.85. The second kappa shape index (κ2) is 7.57. The summed E-state index contributed by atoms with van der Waals surface area (Å²) in [4.78, 5) is 23.0. The van der Waals surface area contributed by atoms with Gasteiger partial charge < -0.3 is 11.1 Å². The predicted octanol–water partition coefficient (Wildman–Crippen LogP) is 1.71. The quantitative estimate of drug-likeness (QED) is 0.712. The Balaban J connectivity index is 2.16. The number of nitrogens with one attached hydrogen (secondary N) is 2. The van der Waals surface area contributed by atoms with E-state index in [-0.39, 0.29) is 10.5 Å². The number of anilines is 1. The highest BCUT2D eigenvalue weighted by Crippen LogP contribution is 2.19. The van der Waals surface area contributed by atoms with E-state index in [9.17, 15) is 18.0 Å². The molecule has 26 heavy (non-hydrogen) atoms. The lowest BCUT2D eigenvalue weighted by molar-refractivity contribution is -0.119. The van der Waals surface area contributed by atoms with Gasteiger partial charge in [-0.3, -0.25) is 14.3 Å². The van der Waals surface area contributed by atoms with Crippen molar-refractivity contribution in [1.29, 1.82) is 0 Å². The van der Waals surface area contributed by atoms with Crippen molar-refractivity contribution in [3.63, 3.8) is 0 Å². The van der Waals surface area contributed by atoms with Crippen LogP contribution in [0.1, 0.15) is 28.4 Å². The topological polar surface area (TPSA) is 118 Å². The van der Waals surface area contributed by atoms with Gasteiger partial charge >= 0.3 is 0 Å². The second-order valence-corrected chi connectivity index (χ2v) is 7.71. The van der Waals surface area contributed by atoms with E-state index in [0.717, 1.165) is 11.1 Å². The lowest BCUT2D eigenvalue weighted by atomic mass is 10.1. The fraction of sp³-hybridized carbons (Fsp3) is 0.222. The molecular weight excluding hydrogens is 354 g/mol. The van der Waals surface area contributed by atoms with E-state index in [4.69, 9.17) is 5.73 Å². The first kappa shape index (κ1) is 19.5. The van der Waals surface area contributed by atoms with Crippen LogP contribution in [0.5, 0.6) is 0 Å². The summed E-state index contributed by atoms with van der Waals surface area (Å²) in [5.41, 5.74) is 7.82. The molecule has 4 N–H and O–H groups in total. The first-order valence-corrected chi connectivity index (χ1v) is 9.39. The summed E-state index contributed by atoms with van der Waals surface area (Å²) < 4.78 is 27.5. The molecule has 8 heteroatoms. The molecule has 0 bridgehead atoms. The standard InChI is InChI=1S/C18H21N3O4S/c1-11-4-7-15(10-12(11)2)21-26(24,25)16-8-5-14(6-9-16)18(23)20-13(3)17(19)22/h4-10,13,21H,1-3H3,(H2,19,22)(H,20,23). The van der Waals surface area contributed by atoms with Crippen LogP contribution in [0.25, 0.3) is 0 Å². The van der Waals surface area contributed by atoms with E-state index in [2.05, 4.69) is 10.0 Å². The number of amides is 2. The Kier molecular flexibility index (Phi) is 5.66. The molecule has 0 heterocycles. The lowest BCUT2D eigenvalue weighted by Gasteiger charge is -2.12. The molecule has 0 aliphatic heterocycles. The third-order valence-corrected chi connectivity index (χ3v) is 5.36. The van der Waals surface area contributed by atoms with Crippen molar-refractivity contribution < 1.29 is 18.0 Å². The minimum absolute atomic E-state index is 0.0234. The zero-order valence-corrected chi connectivity index (χ0v) is 15.6. The van der Waals surface area contributed by atoms with E-state index in [1.165, 1.54) is 31.2 Å². The average molecular weight is 375 g/mol. The van der Waals surface area contributed by atoms with Crippen molar-refractivity contribution in [1.82, 2.24) is 5.32 Å². The van der Waals surface area contributed by atoms with Gasteiger partial charge in [0.15, 0.2) is 0 Å². The molecular formula is C18H21N3O4S. The second-order valence-electron chi connectivity index (χ2n) is 6.03. The van der Waals surface area contributed by atoms with E-state index in [1.54, 1.807) is 12.1 Å². The molecule has 0 fully saturated rings. The molecule has 7 nitrogen and oxygen atoms in total. The number of hydrogen-bond acceptors (Lipinski definition) is 4. The lowest BCUT2D eigenvalue weighted by Crippen LogP contribution is -2.42. The van der Waals surface area contributed by atoms with Gasteiger partial charge in [0.25, 0.3) is 15.9 Å². The average Bonchev–Trinajstić information content (AvgIpc) is 2.58. The van der Waals surface area contributed by atoms with Gasteiger partial charge in [-0.05, 0) is 68.3 Å². The Bertz CT molecular complexity index is 937. The van der Waals surface area contributed by atoms with Gasteiger partial charge in [-0.1, -0.05) is 6.07 Å². The van der Waals surface area contributed by atoms with Gasteiger partial charge in [0.05, 0.1) is 4.90 Å². The maximum Gasteiger partial charge on any atom is 0.261 e. The first-order chi connectivity index (χ1) is 12.1. The van der Waals surface area contributed by atoms with Crippen LogP contribution in [-0.4, -0.2) is 26.3 Å². The molecule has 0 saturated carbocycles. The van der Waals surface area contributed by atoms with E-state index >= 15 is 0 Å². The summed E-state index contributed by atoms with van der Waals surface area (Å²) in [6.07, 6.45) is 0.